The highest BCUT2D eigenvalue weighted by Crippen LogP contribution is 2.20. The van der Waals surface area contributed by atoms with Gasteiger partial charge >= 0.3 is 0 Å². The summed E-state index contributed by atoms with van der Waals surface area (Å²) in [4.78, 5) is 2.71. The third kappa shape index (κ3) is 3.46. The third-order valence-electron chi connectivity index (χ3n) is 4.22. The molecule has 15 heavy (non-hydrogen) atoms. The second-order valence-corrected chi connectivity index (χ2v) is 5.36. The van der Waals surface area contributed by atoms with Gasteiger partial charge in [0.05, 0.1) is 0 Å². The predicted octanol–water partition coefficient (Wildman–Crippen LogP) is 2.25. The van der Waals surface area contributed by atoms with E-state index in [1.54, 1.807) is 0 Å². The molecule has 0 aromatic carbocycles. The average molecular weight is 210 g/mol. The van der Waals surface area contributed by atoms with E-state index in [1.807, 2.05) is 0 Å². The number of nitrogens with one attached hydrogen (secondary N) is 1. The van der Waals surface area contributed by atoms with Gasteiger partial charge in [-0.3, -0.25) is 0 Å². The molecule has 2 aliphatic heterocycles. The summed E-state index contributed by atoms with van der Waals surface area (Å²) >= 11 is 0. The number of rotatable bonds is 3. The average Bonchev–Trinajstić information content (AvgIpc) is 2.29. The van der Waals surface area contributed by atoms with Crippen LogP contribution in [0.1, 0.15) is 45.4 Å². The number of nitrogens with zero attached hydrogens (tertiary/aromatic N) is 1. The molecule has 0 unspecified atom stereocenters. The summed E-state index contributed by atoms with van der Waals surface area (Å²) in [7, 11) is 0. The summed E-state index contributed by atoms with van der Waals surface area (Å²) in [6.45, 7) is 7.61. The van der Waals surface area contributed by atoms with Crippen molar-refractivity contribution in [3.05, 3.63) is 0 Å². The topological polar surface area (TPSA) is 15.3 Å². The quantitative estimate of drug-likeness (QED) is 0.768. The van der Waals surface area contributed by atoms with Crippen molar-refractivity contribution in [2.75, 3.05) is 26.2 Å². The Morgan fingerprint density at radius 1 is 1.13 bits per heavy atom. The van der Waals surface area contributed by atoms with Crippen LogP contribution in [-0.4, -0.2) is 37.1 Å². The number of hydrogen-bond acceptors (Lipinski definition) is 2. The lowest BCUT2D eigenvalue weighted by Crippen LogP contribution is -2.39. The minimum absolute atomic E-state index is 0.848. The summed E-state index contributed by atoms with van der Waals surface area (Å²) in [5, 5.41) is 3.45. The Labute approximate surface area is 94.4 Å². The lowest BCUT2D eigenvalue weighted by Gasteiger charge is -2.34. The van der Waals surface area contributed by atoms with Crippen LogP contribution in [-0.2, 0) is 0 Å². The molecular formula is C13H26N2. The Hall–Kier alpha value is -0.0800. The molecular weight excluding hydrogens is 184 g/mol. The first-order valence-corrected chi connectivity index (χ1v) is 6.81. The Morgan fingerprint density at radius 2 is 1.93 bits per heavy atom. The molecule has 0 spiro atoms. The van der Waals surface area contributed by atoms with E-state index in [0.717, 1.165) is 12.0 Å². The highest BCUT2D eigenvalue weighted by atomic mass is 15.2. The standard InChI is InChI=1S/C13H26N2/c1-12-4-2-3-10-15(12)11-7-13-5-8-14-9-6-13/h12-14H,2-11H2,1H3/t12-/m0/s1. The fourth-order valence-corrected chi connectivity index (χ4v) is 3.01. The molecule has 0 aromatic heterocycles. The van der Waals surface area contributed by atoms with E-state index in [9.17, 15) is 0 Å². The van der Waals surface area contributed by atoms with Crippen LogP contribution < -0.4 is 5.32 Å². The van der Waals surface area contributed by atoms with Crippen LogP contribution in [0.15, 0.2) is 0 Å². The first-order chi connectivity index (χ1) is 7.36. The first-order valence-electron chi connectivity index (χ1n) is 6.81. The van der Waals surface area contributed by atoms with E-state index in [1.165, 1.54) is 64.7 Å². The Morgan fingerprint density at radius 3 is 2.67 bits per heavy atom. The van der Waals surface area contributed by atoms with Gasteiger partial charge in [0.2, 0.25) is 0 Å². The van der Waals surface area contributed by atoms with E-state index in [4.69, 9.17) is 0 Å². The zero-order chi connectivity index (χ0) is 10.5. The summed E-state index contributed by atoms with van der Waals surface area (Å²) in [6.07, 6.45) is 8.55. The largest absolute Gasteiger partial charge is 0.317 e. The second-order valence-electron chi connectivity index (χ2n) is 5.36. The molecule has 1 N–H and O–H groups in total. The van der Waals surface area contributed by atoms with Crippen molar-refractivity contribution in [1.82, 2.24) is 10.2 Å². The molecule has 0 aliphatic carbocycles. The molecule has 0 amide bonds. The monoisotopic (exact) mass is 210 g/mol. The Balaban J connectivity index is 1.67. The van der Waals surface area contributed by atoms with Gasteiger partial charge in [0, 0.05) is 6.04 Å². The molecule has 0 radical (unpaired) electrons. The Bertz CT molecular complexity index is 175. The van der Waals surface area contributed by atoms with Gasteiger partial charge in [0.15, 0.2) is 0 Å². The van der Waals surface area contributed by atoms with Crippen molar-refractivity contribution in [2.24, 2.45) is 5.92 Å². The van der Waals surface area contributed by atoms with E-state index >= 15 is 0 Å². The van der Waals surface area contributed by atoms with Crippen LogP contribution >= 0.6 is 0 Å². The molecule has 1 atom stereocenters. The van der Waals surface area contributed by atoms with Crippen molar-refractivity contribution in [1.29, 1.82) is 0 Å². The van der Waals surface area contributed by atoms with Crippen molar-refractivity contribution in [3.63, 3.8) is 0 Å². The normalized spacial score (nSPS) is 30.6. The molecule has 0 bridgehead atoms. The van der Waals surface area contributed by atoms with Gasteiger partial charge in [-0.05, 0) is 71.1 Å². The SMILES string of the molecule is C[C@H]1CCCCN1CCC1CCNCC1. The third-order valence-corrected chi connectivity index (χ3v) is 4.22. The van der Waals surface area contributed by atoms with Gasteiger partial charge in [0.1, 0.15) is 0 Å². The van der Waals surface area contributed by atoms with Gasteiger partial charge in [-0.15, -0.1) is 0 Å². The van der Waals surface area contributed by atoms with E-state index < -0.39 is 0 Å². The van der Waals surface area contributed by atoms with Crippen LogP contribution in [0.2, 0.25) is 0 Å². The second kappa shape index (κ2) is 5.86. The molecule has 2 fully saturated rings. The lowest BCUT2D eigenvalue weighted by atomic mass is 9.93. The molecule has 88 valence electrons. The molecule has 2 nitrogen and oxygen atoms in total. The molecule has 0 aromatic rings. The molecule has 2 rings (SSSR count). The maximum atomic E-state index is 3.45. The zero-order valence-corrected chi connectivity index (χ0v) is 10.2. The van der Waals surface area contributed by atoms with Crippen molar-refractivity contribution >= 4 is 0 Å². The fourth-order valence-electron chi connectivity index (χ4n) is 3.01. The van der Waals surface area contributed by atoms with Gasteiger partial charge in [0.25, 0.3) is 0 Å². The Kier molecular flexibility index (Phi) is 4.45. The molecule has 2 aliphatic rings. The number of likely N-dealkylation sites (tertiary alicyclic amines) is 1. The smallest absolute Gasteiger partial charge is 0.00669 e. The van der Waals surface area contributed by atoms with Gasteiger partial charge in [-0.2, -0.15) is 0 Å². The zero-order valence-electron chi connectivity index (χ0n) is 10.2. The van der Waals surface area contributed by atoms with Crippen molar-refractivity contribution in [3.8, 4) is 0 Å². The van der Waals surface area contributed by atoms with Crippen LogP contribution in [0.4, 0.5) is 0 Å². The molecule has 2 saturated heterocycles. The van der Waals surface area contributed by atoms with Crippen LogP contribution in [0.5, 0.6) is 0 Å². The van der Waals surface area contributed by atoms with Crippen LogP contribution in [0.3, 0.4) is 0 Å². The number of piperidine rings is 2. The lowest BCUT2D eigenvalue weighted by molar-refractivity contribution is 0.146. The number of hydrogen-bond donors (Lipinski definition) is 1. The van der Waals surface area contributed by atoms with Gasteiger partial charge < -0.3 is 10.2 Å². The van der Waals surface area contributed by atoms with Gasteiger partial charge in [-0.1, -0.05) is 6.42 Å². The van der Waals surface area contributed by atoms with E-state index in [-0.39, 0.29) is 0 Å². The van der Waals surface area contributed by atoms with Crippen molar-refractivity contribution < 1.29 is 0 Å². The van der Waals surface area contributed by atoms with E-state index in [0.29, 0.717) is 0 Å². The van der Waals surface area contributed by atoms with Crippen molar-refractivity contribution in [2.45, 2.75) is 51.5 Å². The summed E-state index contributed by atoms with van der Waals surface area (Å²) in [5.74, 6) is 1.00. The summed E-state index contributed by atoms with van der Waals surface area (Å²) < 4.78 is 0. The van der Waals surface area contributed by atoms with Gasteiger partial charge in [-0.25, -0.2) is 0 Å². The maximum absolute atomic E-state index is 3.45. The van der Waals surface area contributed by atoms with E-state index in [2.05, 4.69) is 17.1 Å². The highest BCUT2D eigenvalue weighted by Gasteiger charge is 2.20. The maximum Gasteiger partial charge on any atom is 0.00669 e. The first kappa shape index (κ1) is 11.4. The van der Waals surface area contributed by atoms with Crippen LogP contribution in [0, 0.1) is 5.92 Å². The summed E-state index contributed by atoms with van der Waals surface area (Å²) in [5.41, 5.74) is 0. The molecule has 2 heterocycles. The fraction of sp³-hybridized carbons (Fsp3) is 1.00. The van der Waals surface area contributed by atoms with Crippen LogP contribution in [0.25, 0.3) is 0 Å². The minimum atomic E-state index is 0.848. The predicted molar refractivity (Wildman–Crippen MR) is 65.1 cm³/mol. The highest BCUT2D eigenvalue weighted by molar-refractivity contribution is 4.75. The molecule has 2 heteroatoms. The summed E-state index contributed by atoms with van der Waals surface area (Å²) in [6, 6.07) is 0.848. The molecule has 0 saturated carbocycles. The minimum Gasteiger partial charge on any atom is -0.317 e.